The number of unbranched alkanes of at least 4 members (excludes halogenated alkanes) is 51. The van der Waals surface area contributed by atoms with Crippen molar-refractivity contribution in [1.82, 2.24) is 0 Å². The van der Waals surface area contributed by atoms with Gasteiger partial charge in [0, 0.05) is 0 Å². The summed E-state index contributed by atoms with van der Waals surface area (Å²) in [5.74, 6) is 0. The molecule has 0 saturated heterocycles. The molecule has 0 atom stereocenters. The van der Waals surface area contributed by atoms with Crippen LogP contribution in [0.15, 0.2) is 0 Å². The maximum Gasteiger partial charge on any atom is 0.0786 e. The van der Waals surface area contributed by atoms with Crippen LogP contribution in [0.25, 0.3) is 0 Å². The lowest BCUT2D eigenvalue weighted by Crippen LogP contribution is -2.50. The molecule has 1 nitrogen and oxygen atoms in total. The van der Waals surface area contributed by atoms with Gasteiger partial charge in [-0.05, 0) is 51.4 Å². The molecule has 0 fully saturated rings. The second kappa shape index (κ2) is 57.3. The summed E-state index contributed by atoms with van der Waals surface area (Å²) in [5, 5.41) is 0. The number of hydrogen-bond donors (Lipinski definition) is 0. The van der Waals surface area contributed by atoms with E-state index in [2.05, 4.69) is 27.7 Å². The summed E-state index contributed by atoms with van der Waals surface area (Å²) < 4.78 is 1.49. The third-order valence-electron chi connectivity index (χ3n) is 15.7. The van der Waals surface area contributed by atoms with E-state index in [1.165, 1.54) is 384 Å². The van der Waals surface area contributed by atoms with Crippen molar-refractivity contribution < 1.29 is 4.48 Å². The van der Waals surface area contributed by atoms with E-state index in [0.717, 1.165) is 0 Å². The number of nitrogens with zero attached hydrogens (tertiary/aromatic N) is 1. The van der Waals surface area contributed by atoms with Crippen LogP contribution in [0.3, 0.4) is 0 Å². The second-order valence-corrected chi connectivity index (χ2v) is 22.3. The Kier molecular flexibility index (Phi) is 57.2. The van der Waals surface area contributed by atoms with Gasteiger partial charge in [-0.1, -0.05) is 329 Å². The highest BCUT2D eigenvalue weighted by atomic mass is 15.3. The molecule has 386 valence electrons. The molecule has 0 aliphatic rings. The van der Waals surface area contributed by atoms with Crippen LogP contribution in [0.1, 0.15) is 381 Å². The molecule has 0 N–H and O–H groups in total. The predicted molar refractivity (Wildman–Crippen MR) is 296 cm³/mol. The van der Waals surface area contributed by atoms with E-state index in [1.807, 2.05) is 0 Å². The van der Waals surface area contributed by atoms with Crippen molar-refractivity contribution in [2.75, 3.05) is 26.2 Å². The lowest BCUT2D eigenvalue weighted by molar-refractivity contribution is -0.929. The Labute approximate surface area is 409 Å². The van der Waals surface area contributed by atoms with E-state index in [9.17, 15) is 0 Å². The van der Waals surface area contributed by atoms with Gasteiger partial charge in [0.25, 0.3) is 0 Å². The molecule has 0 bridgehead atoms. The Bertz CT molecular complexity index is 705. The maximum atomic E-state index is 2.35. The lowest BCUT2D eigenvalue weighted by Gasteiger charge is -2.40. The van der Waals surface area contributed by atoms with E-state index in [1.54, 1.807) is 0 Å². The first-order valence-corrected chi connectivity index (χ1v) is 31.6. The average molecular weight is 902 g/mol. The molecule has 0 aromatic carbocycles. The smallest absolute Gasteiger partial charge is 0.0786 e. The molecule has 64 heavy (non-hydrogen) atoms. The van der Waals surface area contributed by atoms with Gasteiger partial charge in [-0.15, -0.1) is 0 Å². The molecule has 0 rings (SSSR count). The van der Waals surface area contributed by atoms with E-state index in [-0.39, 0.29) is 0 Å². The van der Waals surface area contributed by atoms with E-state index < -0.39 is 0 Å². The maximum absolute atomic E-state index is 2.35. The fourth-order valence-corrected chi connectivity index (χ4v) is 11.1. The fraction of sp³-hybridized carbons (Fsp3) is 1.00. The molecular formula is C63H130N+. The minimum absolute atomic E-state index is 1.37. The van der Waals surface area contributed by atoms with Gasteiger partial charge in [0.1, 0.15) is 0 Å². The highest BCUT2D eigenvalue weighted by molar-refractivity contribution is 4.57. The zero-order chi connectivity index (χ0) is 46.2. The van der Waals surface area contributed by atoms with Crippen LogP contribution in [0.5, 0.6) is 0 Å². The topological polar surface area (TPSA) is 0 Å². The van der Waals surface area contributed by atoms with Crippen LogP contribution in [-0.2, 0) is 0 Å². The van der Waals surface area contributed by atoms with Crippen molar-refractivity contribution in [3.8, 4) is 0 Å². The Balaban J connectivity index is 4.88. The molecule has 0 saturated carbocycles. The third-order valence-corrected chi connectivity index (χ3v) is 15.7. The van der Waals surface area contributed by atoms with Gasteiger partial charge in [0.15, 0.2) is 0 Å². The fourth-order valence-electron chi connectivity index (χ4n) is 11.1. The zero-order valence-electron chi connectivity index (χ0n) is 46.2. The monoisotopic (exact) mass is 901 g/mol. The van der Waals surface area contributed by atoms with Gasteiger partial charge in [-0.3, -0.25) is 0 Å². The molecule has 0 aliphatic carbocycles. The van der Waals surface area contributed by atoms with Crippen LogP contribution in [0, 0.1) is 0 Å². The van der Waals surface area contributed by atoms with Crippen molar-refractivity contribution >= 4 is 0 Å². The Hall–Kier alpha value is -0.0400. The van der Waals surface area contributed by atoms with Gasteiger partial charge in [-0.2, -0.15) is 0 Å². The van der Waals surface area contributed by atoms with E-state index >= 15 is 0 Å². The van der Waals surface area contributed by atoms with Crippen molar-refractivity contribution in [3.05, 3.63) is 0 Å². The minimum atomic E-state index is 1.37. The molecule has 0 amide bonds. The van der Waals surface area contributed by atoms with Crippen LogP contribution in [-0.4, -0.2) is 30.7 Å². The van der Waals surface area contributed by atoms with Crippen molar-refractivity contribution in [3.63, 3.8) is 0 Å². The summed E-state index contributed by atoms with van der Waals surface area (Å²) in [4.78, 5) is 0. The van der Waals surface area contributed by atoms with E-state index in [0.29, 0.717) is 0 Å². The van der Waals surface area contributed by atoms with Crippen LogP contribution < -0.4 is 0 Å². The largest absolute Gasteiger partial charge is 0.324 e. The summed E-state index contributed by atoms with van der Waals surface area (Å²) in [6.07, 6.45) is 81.2. The summed E-state index contributed by atoms with van der Waals surface area (Å²) in [6, 6.07) is 0. The Morgan fingerprint density at radius 1 is 0.125 bits per heavy atom. The summed E-state index contributed by atoms with van der Waals surface area (Å²) in [5.41, 5.74) is 0. The molecule has 0 aliphatic heterocycles. The molecule has 0 unspecified atom stereocenters. The van der Waals surface area contributed by atoms with Crippen LogP contribution in [0.4, 0.5) is 0 Å². The van der Waals surface area contributed by atoms with Crippen molar-refractivity contribution in [2.24, 2.45) is 0 Å². The van der Waals surface area contributed by atoms with Gasteiger partial charge in [0.05, 0.1) is 26.2 Å². The average Bonchev–Trinajstić information content (AvgIpc) is 3.30. The minimum Gasteiger partial charge on any atom is -0.324 e. The quantitative estimate of drug-likeness (QED) is 0.0421. The Morgan fingerprint density at radius 3 is 0.328 bits per heavy atom. The molecular weight excluding hydrogens is 771 g/mol. The van der Waals surface area contributed by atoms with Gasteiger partial charge in [-0.25, -0.2) is 0 Å². The highest BCUT2D eigenvalue weighted by Crippen LogP contribution is 2.23. The summed E-state index contributed by atoms with van der Waals surface area (Å²) >= 11 is 0. The van der Waals surface area contributed by atoms with Gasteiger partial charge >= 0.3 is 0 Å². The lowest BCUT2D eigenvalue weighted by atomic mass is 10.0. The standard InChI is InChI=1S/C63H130N/c1-5-9-13-17-21-25-29-32-35-38-41-45-49-53-57-61-64(60-56-52-48-44-28-24-20-16-12-8-4,62-58-54-50-46-42-39-36-33-30-26-22-18-14-10-6-2)63-59-55-51-47-43-40-37-34-31-27-23-19-15-11-7-3/h5-63H2,1-4H3/q+1. The zero-order valence-corrected chi connectivity index (χ0v) is 46.2. The highest BCUT2D eigenvalue weighted by Gasteiger charge is 2.26. The first-order chi connectivity index (χ1) is 31.7. The van der Waals surface area contributed by atoms with Crippen LogP contribution in [0.2, 0.25) is 0 Å². The molecule has 0 radical (unpaired) electrons. The molecule has 1 heteroatoms. The predicted octanol–water partition coefficient (Wildman–Crippen LogP) is 23.3. The van der Waals surface area contributed by atoms with Crippen LogP contribution >= 0.6 is 0 Å². The normalized spacial score (nSPS) is 12.0. The molecule has 0 aromatic rings. The molecule has 0 spiro atoms. The second-order valence-electron chi connectivity index (χ2n) is 22.3. The number of rotatable bonds is 59. The third kappa shape index (κ3) is 51.4. The SMILES string of the molecule is CCCCCCCCCCCCCCCCC[N+](CCCCCCCCCCCC)(CCCCCCCCCCCCCCCCC)CCCCCCCCCCCCCCCCC. The summed E-state index contributed by atoms with van der Waals surface area (Å²) in [7, 11) is 0. The molecule has 0 aromatic heterocycles. The molecule has 0 heterocycles. The Morgan fingerprint density at radius 2 is 0.219 bits per heavy atom. The summed E-state index contributed by atoms with van der Waals surface area (Å²) in [6.45, 7) is 15.3. The number of hydrogen-bond acceptors (Lipinski definition) is 0. The van der Waals surface area contributed by atoms with Gasteiger partial charge in [0.2, 0.25) is 0 Å². The van der Waals surface area contributed by atoms with Crippen molar-refractivity contribution in [2.45, 2.75) is 381 Å². The van der Waals surface area contributed by atoms with Gasteiger partial charge < -0.3 is 4.48 Å². The number of quaternary nitrogens is 1. The first kappa shape index (κ1) is 64.0. The van der Waals surface area contributed by atoms with Crippen molar-refractivity contribution in [1.29, 1.82) is 0 Å². The first-order valence-electron chi connectivity index (χ1n) is 31.6. The van der Waals surface area contributed by atoms with E-state index in [4.69, 9.17) is 0 Å².